The molecule has 0 aliphatic rings. The molecule has 160 valence electrons. The van der Waals surface area contributed by atoms with Crippen molar-refractivity contribution in [2.24, 2.45) is 0 Å². The molecule has 0 unspecified atom stereocenters. The van der Waals surface area contributed by atoms with Crippen LogP contribution in [0, 0.1) is 13.8 Å². The predicted octanol–water partition coefficient (Wildman–Crippen LogP) is 5.70. The maximum absolute atomic E-state index is 13.2. The second-order valence-electron chi connectivity index (χ2n) is 7.48. The van der Waals surface area contributed by atoms with E-state index < -0.39 is 11.4 Å². The van der Waals surface area contributed by atoms with Crippen molar-refractivity contribution in [2.75, 3.05) is 7.11 Å². The van der Waals surface area contributed by atoms with Gasteiger partial charge in [0.15, 0.2) is 5.76 Å². The molecule has 0 aliphatic carbocycles. The Bertz CT molecular complexity index is 1360. The van der Waals surface area contributed by atoms with Crippen molar-refractivity contribution in [1.29, 1.82) is 0 Å². The first-order chi connectivity index (χ1) is 15.4. The molecule has 4 aromatic rings. The lowest BCUT2D eigenvalue weighted by atomic mass is 10.1. The molecule has 0 radical (unpaired) electrons. The van der Waals surface area contributed by atoms with E-state index in [1.807, 2.05) is 56.3 Å². The van der Waals surface area contributed by atoms with Crippen molar-refractivity contribution < 1.29 is 18.7 Å². The zero-order valence-corrected chi connectivity index (χ0v) is 18.0. The van der Waals surface area contributed by atoms with E-state index in [2.05, 4.69) is 0 Å². The van der Waals surface area contributed by atoms with Gasteiger partial charge >= 0.3 is 5.97 Å². The molecule has 0 saturated carbocycles. The van der Waals surface area contributed by atoms with E-state index in [0.717, 1.165) is 22.4 Å². The van der Waals surface area contributed by atoms with Crippen LogP contribution in [0.5, 0.6) is 11.5 Å². The lowest BCUT2D eigenvalue weighted by molar-refractivity contribution is -0.129. The van der Waals surface area contributed by atoms with E-state index in [1.165, 1.54) is 6.08 Å². The summed E-state index contributed by atoms with van der Waals surface area (Å²) < 4.78 is 16.7. The smallest absolute Gasteiger partial charge is 0.336 e. The van der Waals surface area contributed by atoms with Gasteiger partial charge in [0.25, 0.3) is 0 Å². The van der Waals surface area contributed by atoms with Gasteiger partial charge in [-0.25, -0.2) is 4.79 Å². The minimum Gasteiger partial charge on any atom is -0.497 e. The number of ether oxygens (including phenoxy) is 2. The Hall–Kier alpha value is -4.12. The summed E-state index contributed by atoms with van der Waals surface area (Å²) in [5, 5.41) is 0.364. The van der Waals surface area contributed by atoms with E-state index in [0.29, 0.717) is 16.5 Å². The molecule has 0 aliphatic heterocycles. The van der Waals surface area contributed by atoms with E-state index in [-0.39, 0.29) is 11.5 Å². The SMILES string of the molecule is COc1ccc(C=CC(=O)Oc2c(-c3ccc(C)cc3)oc3ccc(C)cc3c2=O)cc1. The van der Waals surface area contributed by atoms with Crippen molar-refractivity contribution in [3.63, 3.8) is 0 Å². The molecule has 4 rings (SSSR count). The highest BCUT2D eigenvalue weighted by atomic mass is 16.5. The third kappa shape index (κ3) is 4.47. The topological polar surface area (TPSA) is 65.7 Å². The summed E-state index contributed by atoms with van der Waals surface area (Å²) in [4.78, 5) is 25.8. The highest BCUT2D eigenvalue weighted by Crippen LogP contribution is 2.31. The number of rotatable bonds is 5. The molecule has 32 heavy (non-hydrogen) atoms. The second kappa shape index (κ2) is 8.94. The molecular formula is C27H22O5. The van der Waals surface area contributed by atoms with Crippen LogP contribution in [0.15, 0.2) is 82.0 Å². The Morgan fingerprint density at radius 3 is 2.28 bits per heavy atom. The third-order valence-corrected chi connectivity index (χ3v) is 5.05. The molecule has 1 aromatic heterocycles. The molecule has 0 fully saturated rings. The summed E-state index contributed by atoms with van der Waals surface area (Å²) in [5.74, 6) is 0.138. The van der Waals surface area contributed by atoms with Crippen LogP contribution in [0.3, 0.4) is 0 Å². The molecule has 5 nitrogen and oxygen atoms in total. The van der Waals surface area contributed by atoms with Crippen LogP contribution < -0.4 is 14.9 Å². The van der Waals surface area contributed by atoms with Gasteiger partial charge in [-0.1, -0.05) is 53.6 Å². The summed E-state index contributed by atoms with van der Waals surface area (Å²) in [5.41, 5.74) is 3.46. The standard InChI is InChI=1S/C27H22O5/c1-17-4-10-20(11-5-17)26-27(25(29)22-16-18(2)6-14-23(22)31-26)32-24(28)15-9-19-7-12-21(30-3)13-8-19/h4-16H,1-3H3. The lowest BCUT2D eigenvalue weighted by Crippen LogP contribution is -2.14. The number of esters is 1. The molecule has 5 heteroatoms. The van der Waals surface area contributed by atoms with E-state index >= 15 is 0 Å². The Balaban J connectivity index is 1.73. The molecular weight excluding hydrogens is 404 g/mol. The summed E-state index contributed by atoms with van der Waals surface area (Å²) in [6.07, 6.45) is 2.89. The van der Waals surface area contributed by atoms with Gasteiger partial charge in [-0.2, -0.15) is 0 Å². The Kier molecular flexibility index (Phi) is 5.90. The molecule has 0 bridgehead atoms. The van der Waals surface area contributed by atoms with Crippen molar-refractivity contribution in [2.45, 2.75) is 13.8 Å². The van der Waals surface area contributed by atoms with Crippen LogP contribution in [0.4, 0.5) is 0 Å². The van der Waals surface area contributed by atoms with Crippen molar-refractivity contribution in [1.82, 2.24) is 0 Å². The van der Waals surface area contributed by atoms with Crippen LogP contribution in [-0.2, 0) is 4.79 Å². The van der Waals surface area contributed by atoms with Gasteiger partial charge in [-0.05, 0) is 49.8 Å². The monoisotopic (exact) mass is 426 g/mol. The maximum atomic E-state index is 13.2. The molecule has 3 aromatic carbocycles. The number of methoxy groups -OCH3 is 1. The first-order valence-corrected chi connectivity index (χ1v) is 10.1. The predicted molar refractivity (Wildman–Crippen MR) is 125 cm³/mol. The normalized spacial score (nSPS) is 11.1. The average Bonchev–Trinajstić information content (AvgIpc) is 2.81. The Morgan fingerprint density at radius 1 is 0.906 bits per heavy atom. The van der Waals surface area contributed by atoms with Crippen LogP contribution in [-0.4, -0.2) is 13.1 Å². The number of hydrogen-bond acceptors (Lipinski definition) is 5. The van der Waals surface area contributed by atoms with Crippen LogP contribution in [0.2, 0.25) is 0 Å². The summed E-state index contributed by atoms with van der Waals surface area (Å²) in [6.45, 7) is 3.85. The van der Waals surface area contributed by atoms with Gasteiger partial charge in [0.1, 0.15) is 11.3 Å². The van der Waals surface area contributed by atoms with Gasteiger partial charge in [0.05, 0.1) is 12.5 Å². The van der Waals surface area contributed by atoms with Gasteiger partial charge in [-0.3, -0.25) is 4.79 Å². The second-order valence-corrected chi connectivity index (χ2v) is 7.48. The van der Waals surface area contributed by atoms with Crippen LogP contribution >= 0.6 is 0 Å². The van der Waals surface area contributed by atoms with Gasteiger partial charge in [0, 0.05) is 11.6 Å². The van der Waals surface area contributed by atoms with Gasteiger partial charge in [-0.15, -0.1) is 0 Å². The highest BCUT2D eigenvalue weighted by molar-refractivity contribution is 5.91. The van der Waals surface area contributed by atoms with Crippen LogP contribution in [0.1, 0.15) is 16.7 Å². The van der Waals surface area contributed by atoms with Crippen molar-refractivity contribution in [3.05, 3.63) is 99.7 Å². The Labute approximate surface area is 185 Å². The van der Waals surface area contributed by atoms with E-state index in [1.54, 1.807) is 37.5 Å². The summed E-state index contributed by atoms with van der Waals surface area (Å²) in [6, 6.07) is 20.0. The third-order valence-electron chi connectivity index (χ3n) is 5.05. The van der Waals surface area contributed by atoms with Crippen molar-refractivity contribution >= 4 is 23.0 Å². The fourth-order valence-corrected chi connectivity index (χ4v) is 3.29. The molecule has 0 atom stereocenters. The average molecular weight is 426 g/mol. The zero-order chi connectivity index (χ0) is 22.7. The number of carbonyl (C=O) groups is 1. The fraction of sp³-hybridized carbons (Fsp3) is 0.111. The molecule has 0 spiro atoms. The minimum atomic E-state index is -0.673. The van der Waals surface area contributed by atoms with Gasteiger partial charge in [0.2, 0.25) is 11.2 Å². The first-order valence-electron chi connectivity index (χ1n) is 10.1. The fourth-order valence-electron chi connectivity index (χ4n) is 3.29. The number of carbonyl (C=O) groups excluding carboxylic acids is 1. The molecule has 1 heterocycles. The largest absolute Gasteiger partial charge is 0.497 e. The van der Waals surface area contributed by atoms with Crippen molar-refractivity contribution in [3.8, 4) is 22.8 Å². The number of benzene rings is 3. The molecule has 0 N–H and O–H groups in total. The summed E-state index contributed by atoms with van der Waals surface area (Å²) >= 11 is 0. The zero-order valence-electron chi connectivity index (χ0n) is 18.0. The Morgan fingerprint density at radius 2 is 1.59 bits per heavy atom. The molecule has 0 amide bonds. The quantitative estimate of drug-likeness (QED) is 0.302. The highest BCUT2D eigenvalue weighted by Gasteiger charge is 2.20. The summed E-state index contributed by atoms with van der Waals surface area (Å²) in [7, 11) is 1.59. The number of fused-ring (bicyclic) bond motifs is 1. The maximum Gasteiger partial charge on any atom is 0.336 e. The minimum absolute atomic E-state index is 0.128. The van der Waals surface area contributed by atoms with Gasteiger partial charge < -0.3 is 13.9 Å². The lowest BCUT2D eigenvalue weighted by Gasteiger charge is -2.10. The number of aryl methyl sites for hydroxylation is 2. The van der Waals surface area contributed by atoms with E-state index in [4.69, 9.17) is 13.9 Å². The first kappa shape index (κ1) is 21.1. The van der Waals surface area contributed by atoms with E-state index in [9.17, 15) is 9.59 Å². The molecule has 0 saturated heterocycles. The van der Waals surface area contributed by atoms with Crippen LogP contribution in [0.25, 0.3) is 28.4 Å². The number of hydrogen-bond donors (Lipinski definition) is 0.